The molecule has 5 heteroatoms. The van der Waals surface area contributed by atoms with Gasteiger partial charge in [0, 0.05) is 0 Å². The molecule has 0 aromatic carbocycles. The van der Waals surface area contributed by atoms with E-state index in [1.807, 2.05) is 0 Å². The first-order valence-electron chi connectivity index (χ1n) is 4.24. The molecule has 13 heavy (non-hydrogen) atoms. The number of nitrogens with one attached hydrogen (secondary N) is 1. The van der Waals surface area contributed by atoms with Gasteiger partial charge in [0.1, 0.15) is 12.1 Å². The Morgan fingerprint density at radius 1 is 1.31 bits per heavy atom. The first-order valence-corrected chi connectivity index (χ1v) is 4.24. The summed E-state index contributed by atoms with van der Waals surface area (Å²) in [5.41, 5.74) is 0. The van der Waals surface area contributed by atoms with Gasteiger partial charge >= 0.3 is 5.97 Å². The monoisotopic (exact) mass is 189 g/mol. The Bertz CT molecular complexity index is 193. The van der Waals surface area contributed by atoms with Crippen LogP contribution in [0.25, 0.3) is 0 Å². The quantitative estimate of drug-likeness (QED) is 0.417. The second-order valence-electron chi connectivity index (χ2n) is 2.73. The molecule has 0 aliphatic rings. The zero-order chi connectivity index (χ0) is 10.4. The van der Waals surface area contributed by atoms with E-state index in [0.717, 1.165) is 0 Å². The first-order chi connectivity index (χ1) is 6.02. The van der Waals surface area contributed by atoms with Crippen molar-refractivity contribution in [3.63, 3.8) is 0 Å². The summed E-state index contributed by atoms with van der Waals surface area (Å²) in [6, 6.07) is 0. The van der Waals surface area contributed by atoms with Gasteiger partial charge in [0.05, 0.1) is 0 Å². The number of carboxylic acid groups (broad SMARTS) is 1. The molecule has 1 amide bonds. The van der Waals surface area contributed by atoms with Crippen LogP contribution in [0.3, 0.4) is 0 Å². The Kier molecular flexibility index (Phi) is 5.06. The van der Waals surface area contributed by atoms with Crippen LogP contribution in [0.15, 0.2) is 0 Å². The lowest BCUT2D eigenvalue weighted by atomic mass is 10.1. The van der Waals surface area contributed by atoms with E-state index < -0.39 is 24.0 Å². The Balaban J connectivity index is 4.14. The van der Waals surface area contributed by atoms with Crippen molar-refractivity contribution in [2.45, 2.75) is 32.9 Å². The van der Waals surface area contributed by atoms with Crippen molar-refractivity contribution in [3.05, 3.63) is 0 Å². The van der Waals surface area contributed by atoms with Gasteiger partial charge in [-0.1, -0.05) is 13.8 Å². The van der Waals surface area contributed by atoms with Gasteiger partial charge in [0.25, 0.3) is 0 Å². The summed E-state index contributed by atoms with van der Waals surface area (Å²) in [5.74, 6) is -2.87. The molecule has 3 N–H and O–H groups in total. The highest BCUT2D eigenvalue weighted by Crippen LogP contribution is 2.03. The molecule has 0 saturated carbocycles. The van der Waals surface area contributed by atoms with Gasteiger partial charge in [-0.2, -0.15) is 0 Å². The molecule has 0 saturated heterocycles. The van der Waals surface area contributed by atoms with E-state index in [0.29, 0.717) is 6.42 Å². The molecule has 0 fully saturated rings. The summed E-state index contributed by atoms with van der Waals surface area (Å²) >= 11 is 0. The van der Waals surface area contributed by atoms with Gasteiger partial charge < -0.3 is 15.5 Å². The van der Waals surface area contributed by atoms with Crippen molar-refractivity contribution >= 4 is 11.9 Å². The third-order valence-corrected chi connectivity index (χ3v) is 1.72. The number of hydrogen-bond donors (Lipinski definition) is 3. The maximum atomic E-state index is 11.1. The second kappa shape index (κ2) is 5.53. The Morgan fingerprint density at radius 2 is 1.85 bits per heavy atom. The molecule has 2 unspecified atom stereocenters. The lowest BCUT2D eigenvalue weighted by Crippen LogP contribution is -2.41. The highest BCUT2D eigenvalue weighted by Gasteiger charge is 2.24. The lowest BCUT2D eigenvalue weighted by Gasteiger charge is -2.14. The van der Waals surface area contributed by atoms with Crippen LogP contribution < -0.4 is 5.32 Å². The van der Waals surface area contributed by atoms with Crippen molar-refractivity contribution in [2.24, 2.45) is 5.92 Å². The number of amides is 1. The van der Waals surface area contributed by atoms with Gasteiger partial charge in [-0.05, 0) is 12.8 Å². The molecule has 2 atom stereocenters. The SMILES string of the molecule is CCC(O)NC(=O)C(CC)C(=O)O. The predicted molar refractivity (Wildman–Crippen MR) is 45.9 cm³/mol. The highest BCUT2D eigenvalue weighted by molar-refractivity contribution is 5.96. The lowest BCUT2D eigenvalue weighted by molar-refractivity contribution is -0.148. The van der Waals surface area contributed by atoms with Crippen molar-refractivity contribution < 1.29 is 19.8 Å². The molecule has 0 heterocycles. The average Bonchev–Trinajstić information content (AvgIpc) is 2.04. The molecular weight excluding hydrogens is 174 g/mol. The standard InChI is InChI=1S/C8H15NO4/c1-3-5(8(12)13)7(11)9-6(10)4-2/h5-6,10H,3-4H2,1-2H3,(H,9,11)(H,12,13). The summed E-state index contributed by atoms with van der Waals surface area (Å²) in [5, 5.41) is 19.8. The van der Waals surface area contributed by atoms with Crippen molar-refractivity contribution in [1.29, 1.82) is 0 Å². The number of carboxylic acids is 1. The summed E-state index contributed by atoms with van der Waals surface area (Å²) < 4.78 is 0. The fourth-order valence-electron chi connectivity index (χ4n) is 0.839. The third kappa shape index (κ3) is 3.89. The van der Waals surface area contributed by atoms with E-state index in [1.165, 1.54) is 0 Å². The molecule has 5 nitrogen and oxygen atoms in total. The smallest absolute Gasteiger partial charge is 0.316 e. The van der Waals surface area contributed by atoms with Crippen LogP contribution in [-0.4, -0.2) is 28.3 Å². The van der Waals surface area contributed by atoms with Gasteiger partial charge in [-0.25, -0.2) is 0 Å². The number of aliphatic hydroxyl groups excluding tert-OH is 1. The third-order valence-electron chi connectivity index (χ3n) is 1.72. The van der Waals surface area contributed by atoms with Crippen LogP contribution in [0.4, 0.5) is 0 Å². The molecule has 0 bridgehead atoms. The molecule has 0 aromatic rings. The maximum Gasteiger partial charge on any atom is 0.316 e. The van der Waals surface area contributed by atoms with Crippen LogP contribution in [0.1, 0.15) is 26.7 Å². The molecule has 0 spiro atoms. The number of aliphatic hydroxyl groups is 1. The topological polar surface area (TPSA) is 86.6 Å². The van der Waals surface area contributed by atoms with Crippen LogP contribution in [0.5, 0.6) is 0 Å². The molecule has 0 radical (unpaired) electrons. The van der Waals surface area contributed by atoms with Crippen LogP contribution >= 0.6 is 0 Å². The zero-order valence-electron chi connectivity index (χ0n) is 7.78. The van der Waals surface area contributed by atoms with E-state index in [1.54, 1.807) is 13.8 Å². The number of rotatable bonds is 5. The number of carbonyl (C=O) groups excluding carboxylic acids is 1. The largest absolute Gasteiger partial charge is 0.481 e. The number of carbonyl (C=O) groups is 2. The molecule has 76 valence electrons. The van der Waals surface area contributed by atoms with Gasteiger partial charge in [0.15, 0.2) is 0 Å². The first kappa shape index (κ1) is 11.9. The molecule has 0 aromatic heterocycles. The molecule has 0 rings (SSSR count). The van der Waals surface area contributed by atoms with Gasteiger partial charge in [-0.3, -0.25) is 9.59 Å². The van der Waals surface area contributed by atoms with Crippen LogP contribution in [-0.2, 0) is 9.59 Å². The van der Waals surface area contributed by atoms with E-state index in [2.05, 4.69) is 5.32 Å². The highest BCUT2D eigenvalue weighted by atomic mass is 16.4. The van der Waals surface area contributed by atoms with E-state index >= 15 is 0 Å². The predicted octanol–water partition coefficient (Wildman–Crippen LogP) is -0.0582. The van der Waals surface area contributed by atoms with Crippen molar-refractivity contribution in [2.75, 3.05) is 0 Å². The maximum absolute atomic E-state index is 11.1. The Morgan fingerprint density at radius 3 is 2.15 bits per heavy atom. The molecular formula is C8H15NO4. The molecule has 0 aliphatic heterocycles. The summed E-state index contributed by atoms with van der Waals surface area (Å²) in [7, 11) is 0. The van der Waals surface area contributed by atoms with E-state index in [9.17, 15) is 9.59 Å². The van der Waals surface area contributed by atoms with E-state index in [4.69, 9.17) is 10.2 Å². The molecule has 0 aliphatic carbocycles. The van der Waals surface area contributed by atoms with Gasteiger partial charge in [0.2, 0.25) is 5.91 Å². The summed E-state index contributed by atoms with van der Waals surface area (Å²) in [6.07, 6.45) is -0.375. The fraction of sp³-hybridized carbons (Fsp3) is 0.750. The average molecular weight is 189 g/mol. The summed E-state index contributed by atoms with van der Waals surface area (Å²) in [4.78, 5) is 21.6. The Labute approximate surface area is 76.8 Å². The Hall–Kier alpha value is -1.10. The minimum atomic E-state index is -1.16. The minimum Gasteiger partial charge on any atom is -0.481 e. The van der Waals surface area contributed by atoms with Crippen molar-refractivity contribution in [1.82, 2.24) is 5.32 Å². The normalized spacial score (nSPS) is 14.7. The van der Waals surface area contributed by atoms with Crippen LogP contribution in [0, 0.1) is 5.92 Å². The number of hydrogen-bond acceptors (Lipinski definition) is 3. The summed E-state index contributed by atoms with van der Waals surface area (Å²) in [6.45, 7) is 3.29. The number of aliphatic carboxylic acids is 1. The second-order valence-corrected chi connectivity index (χ2v) is 2.73. The van der Waals surface area contributed by atoms with Gasteiger partial charge in [-0.15, -0.1) is 0 Å². The van der Waals surface area contributed by atoms with Crippen LogP contribution in [0.2, 0.25) is 0 Å². The van der Waals surface area contributed by atoms with E-state index in [-0.39, 0.29) is 6.42 Å². The fourth-order valence-corrected chi connectivity index (χ4v) is 0.839. The minimum absolute atomic E-state index is 0.220. The van der Waals surface area contributed by atoms with Crippen molar-refractivity contribution in [3.8, 4) is 0 Å². The zero-order valence-corrected chi connectivity index (χ0v) is 7.78.